The summed E-state index contributed by atoms with van der Waals surface area (Å²) in [4.78, 5) is 2.64. The van der Waals surface area contributed by atoms with E-state index < -0.39 is 10.0 Å². The Bertz CT molecular complexity index is 779. The number of likely N-dealkylation sites (tertiary alicyclic amines) is 1. The summed E-state index contributed by atoms with van der Waals surface area (Å²) >= 11 is 0. The third-order valence-corrected chi connectivity index (χ3v) is 6.89. The molecule has 1 aromatic carbocycles. The monoisotopic (exact) mass is 347 g/mol. The van der Waals surface area contributed by atoms with E-state index in [9.17, 15) is 8.42 Å². The van der Waals surface area contributed by atoms with Crippen LogP contribution in [0.5, 0.6) is 0 Å². The van der Waals surface area contributed by atoms with Crippen molar-refractivity contribution in [3.63, 3.8) is 0 Å². The number of benzene rings is 1. The van der Waals surface area contributed by atoms with Gasteiger partial charge in [0.05, 0.1) is 4.90 Å². The van der Waals surface area contributed by atoms with Gasteiger partial charge in [0.2, 0.25) is 10.0 Å². The van der Waals surface area contributed by atoms with Crippen LogP contribution in [0.1, 0.15) is 12.0 Å². The Hall–Kier alpha value is -1.63. The number of piperidine rings is 1. The predicted octanol–water partition coefficient (Wildman–Crippen LogP) is 1.74. The van der Waals surface area contributed by atoms with Gasteiger partial charge in [-0.3, -0.25) is 0 Å². The Morgan fingerprint density at radius 2 is 1.79 bits per heavy atom. The third kappa shape index (κ3) is 3.01. The van der Waals surface area contributed by atoms with Crippen molar-refractivity contribution in [2.24, 2.45) is 17.6 Å². The standard InChI is InChI=1S/C18H25N3O2S/c1-20(2)24(22,23)14-6-4-13(5-7-14)15-8-9-18(19)17-12-21(3)11-10-16(15)17/h4-9,16-17H,10-12,19H2,1-3H3/t16-,17+/m1/s1. The number of allylic oxidation sites excluding steroid dienone is 3. The summed E-state index contributed by atoms with van der Waals surface area (Å²) in [5.74, 6) is 0.747. The Morgan fingerprint density at radius 3 is 2.42 bits per heavy atom. The van der Waals surface area contributed by atoms with Crippen LogP contribution in [-0.2, 0) is 10.0 Å². The molecule has 0 unspecified atom stereocenters. The number of hydrogen-bond acceptors (Lipinski definition) is 4. The Morgan fingerprint density at radius 1 is 1.12 bits per heavy atom. The van der Waals surface area contributed by atoms with Crippen molar-refractivity contribution in [3.05, 3.63) is 47.7 Å². The van der Waals surface area contributed by atoms with Gasteiger partial charge in [-0.2, -0.15) is 0 Å². The van der Waals surface area contributed by atoms with Crippen molar-refractivity contribution < 1.29 is 8.42 Å². The maximum Gasteiger partial charge on any atom is 0.242 e. The lowest BCUT2D eigenvalue weighted by atomic mass is 9.73. The lowest BCUT2D eigenvalue weighted by Crippen LogP contribution is -2.41. The number of hydrogen-bond donors (Lipinski definition) is 1. The van der Waals surface area contributed by atoms with Crippen molar-refractivity contribution in [1.82, 2.24) is 9.21 Å². The van der Waals surface area contributed by atoms with E-state index in [0.29, 0.717) is 16.7 Å². The summed E-state index contributed by atoms with van der Waals surface area (Å²) in [5.41, 5.74) is 9.50. The molecule has 2 atom stereocenters. The maximum atomic E-state index is 12.2. The molecule has 1 aliphatic carbocycles. The highest BCUT2D eigenvalue weighted by Crippen LogP contribution is 2.40. The van der Waals surface area contributed by atoms with E-state index in [1.807, 2.05) is 18.2 Å². The van der Waals surface area contributed by atoms with Gasteiger partial charge in [-0.25, -0.2) is 12.7 Å². The quantitative estimate of drug-likeness (QED) is 0.904. The Balaban J connectivity index is 1.92. The molecule has 2 N–H and O–H groups in total. The van der Waals surface area contributed by atoms with Crippen molar-refractivity contribution in [2.45, 2.75) is 11.3 Å². The summed E-state index contributed by atoms with van der Waals surface area (Å²) in [6, 6.07) is 7.20. The molecule has 0 aromatic heterocycles. The number of sulfonamides is 1. The van der Waals surface area contributed by atoms with Crippen molar-refractivity contribution in [3.8, 4) is 0 Å². The van der Waals surface area contributed by atoms with Gasteiger partial charge in [-0.05, 0) is 55.3 Å². The molecule has 3 rings (SSSR count). The second-order valence-electron chi connectivity index (χ2n) is 6.86. The van der Waals surface area contributed by atoms with Crippen molar-refractivity contribution in [1.29, 1.82) is 0 Å². The molecule has 0 saturated carbocycles. The van der Waals surface area contributed by atoms with Crippen LogP contribution in [0.3, 0.4) is 0 Å². The molecule has 0 bridgehead atoms. The van der Waals surface area contributed by atoms with E-state index >= 15 is 0 Å². The Labute approximate surface area is 144 Å². The van der Waals surface area contributed by atoms with Gasteiger partial charge in [0.15, 0.2) is 0 Å². The molecule has 1 aromatic rings. The van der Waals surface area contributed by atoms with E-state index in [0.717, 1.165) is 30.8 Å². The first-order chi connectivity index (χ1) is 11.3. The molecule has 24 heavy (non-hydrogen) atoms. The zero-order valence-corrected chi connectivity index (χ0v) is 15.3. The first-order valence-electron chi connectivity index (χ1n) is 8.19. The highest BCUT2D eigenvalue weighted by Gasteiger charge is 2.34. The minimum Gasteiger partial charge on any atom is -0.402 e. The SMILES string of the molecule is CN1CC[C@@H]2C(c3ccc(S(=O)(=O)N(C)C)cc3)=CC=C(N)[C@H]2C1. The molecule has 6 heteroatoms. The van der Waals surface area contributed by atoms with Crippen LogP contribution in [0.2, 0.25) is 0 Å². The zero-order valence-electron chi connectivity index (χ0n) is 14.4. The average Bonchev–Trinajstić information content (AvgIpc) is 2.55. The van der Waals surface area contributed by atoms with Gasteiger partial charge in [-0.15, -0.1) is 0 Å². The van der Waals surface area contributed by atoms with Crippen LogP contribution in [0.25, 0.3) is 5.57 Å². The summed E-state index contributed by atoms with van der Waals surface area (Å²) < 4.78 is 25.6. The number of rotatable bonds is 3. The van der Waals surface area contributed by atoms with E-state index in [2.05, 4.69) is 18.0 Å². The second-order valence-corrected chi connectivity index (χ2v) is 9.02. The van der Waals surface area contributed by atoms with Crippen LogP contribution in [0.4, 0.5) is 0 Å². The van der Waals surface area contributed by atoms with Gasteiger partial charge in [0, 0.05) is 32.3 Å². The Kier molecular flexibility index (Phi) is 4.55. The van der Waals surface area contributed by atoms with E-state index in [1.54, 1.807) is 26.2 Å². The van der Waals surface area contributed by atoms with Crippen LogP contribution < -0.4 is 5.73 Å². The first kappa shape index (κ1) is 17.2. The van der Waals surface area contributed by atoms with Gasteiger partial charge in [0.25, 0.3) is 0 Å². The first-order valence-corrected chi connectivity index (χ1v) is 9.63. The normalized spacial score (nSPS) is 25.2. The second kappa shape index (κ2) is 6.35. The highest BCUT2D eigenvalue weighted by atomic mass is 32.2. The fourth-order valence-electron chi connectivity index (χ4n) is 3.60. The molecule has 1 aliphatic heterocycles. The smallest absolute Gasteiger partial charge is 0.242 e. The number of fused-ring (bicyclic) bond motifs is 1. The number of nitrogens with zero attached hydrogens (tertiary/aromatic N) is 2. The van der Waals surface area contributed by atoms with E-state index in [1.165, 1.54) is 9.88 Å². The molecule has 2 aliphatic rings. The topological polar surface area (TPSA) is 66.6 Å². The molecule has 130 valence electrons. The lowest BCUT2D eigenvalue weighted by Gasteiger charge is -2.40. The average molecular weight is 347 g/mol. The van der Waals surface area contributed by atoms with Gasteiger partial charge in [-0.1, -0.05) is 18.2 Å². The van der Waals surface area contributed by atoms with Crippen LogP contribution in [0.15, 0.2) is 47.0 Å². The largest absolute Gasteiger partial charge is 0.402 e. The highest BCUT2D eigenvalue weighted by molar-refractivity contribution is 7.89. The van der Waals surface area contributed by atoms with Crippen LogP contribution in [0, 0.1) is 11.8 Å². The van der Waals surface area contributed by atoms with Gasteiger partial charge < -0.3 is 10.6 Å². The minimum absolute atomic E-state index is 0.322. The molecule has 1 fully saturated rings. The van der Waals surface area contributed by atoms with Crippen LogP contribution in [-0.4, -0.2) is 51.9 Å². The van der Waals surface area contributed by atoms with E-state index in [-0.39, 0.29) is 0 Å². The van der Waals surface area contributed by atoms with E-state index in [4.69, 9.17) is 5.73 Å². The lowest BCUT2D eigenvalue weighted by molar-refractivity contribution is 0.194. The fraction of sp³-hybridized carbons (Fsp3) is 0.444. The summed E-state index contributed by atoms with van der Waals surface area (Å²) in [5, 5.41) is 0. The van der Waals surface area contributed by atoms with Gasteiger partial charge in [0.1, 0.15) is 0 Å². The summed E-state index contributed by atoms with van der Waals surface area (Å²) in [7, 11) is 1.83. The molecule has 5 nitrogen and oxygen atoms in total. The summed E-state index contributed by atoms with van der Waals surface area (Å²) in [6.07, 6.45) is 5.16. The molecule has 0 radical (unpaired) electrons. The molecule has 0 spiro atoms. The molecular weight excluding hydrogens is 322 g/mol. The maximum absolute atomic E-state index is 12.2. The van der Waals surface area contributed by atoms with Crippen molar-refractivity contribution >= 4 is 15.6 Å². The van der Waals surface area contributed by atoms with Crippen LogP contribution >= 0.6 is 0 Å². The molecule has 1 saturated heterocycles. The third-order valence-electron chi connectivity index (χ3n) is 5.07. The van der Waals surface area contributed by atoms with Crippen molar-refractivity contribution in [2.75, 3.05) is 34.2 Å². The summed E-state index contributed by atoms with van der Waals surface area (Å²) in [6.45, 7) is 2.02. The fourth-order valence-corrected chi connectivity index (χ4v) is 4.50. The molecular formula is C18H25N3O2S. The predicted molar refractivity (Wildman–Crippen MR) is 96.7 cm³/mol. The zero-order chi connectivity index (χ0) is 17.5. The van der Waals surface area contributed by atoms with Gasteiger partial charge >= 0.3 is 0 Å². The number of nitrogens with two attached hydrogens (primary N) is 1. The minimum atomic E-state index is -3.39. The molecule has 0 amide bonds. The molecule has 1 heterocycles.